The van der Waals surface area contributed by atoms with Gasteiger partial charge in [-0.1, -0.05) is 59.6 Å². The molecular formula is C24H35O3+. The third-order valence-corrected chi connectivity index (χ3v) is 6.59. The first-order chi connectivity index (χ1) is 12.8. The molecule has 2 atom stereocenters. The molecule has 27 heavy (non-hydrogen) atoms. The standard InChI is InChI=1S/C24H34O3/c1-8-16(3)24(5,17(4)9-2)20-12-10-18(14-22(20)26-6)19-11-13-21(25)23(15-19)27-7/h10-17,25H,8-9H2,1-7H3/p+1. The Morgan fingerprint density at radius 2 is 1.33 bits per heavy atom. The average molecular weight is 372 g/mol. The predicted octanol–water partition coefficient (Wildman–Crippen LogP) is 6.16. The fraction of sp³-hybridized carbons (Fsp3) is 0.500. The van der Waals surface area contributed by atoms with Gasteiger partial charge in [0.2, 0.25) is 5.75 Å². The van der Waals surface area contributed by atoms with Crippen LogP contribution in [0.1, 0.15) is 53.0 Å². The molecule has 2 N–H and O–H groups in total. The molecule has 3 nitrogen and oxygen atoms in total. The van der Waals surface area contributed by atoms with E-state index in [4.69, 9.17) is 14.6 Å². The van der Waals surface area contributed by atoms with Crippen molar-refractivity contribution in [3.8, 4) is 28.4 Å². The topological polar surface area (TPSA) is 41.4 Å². The van der Waals surface area contributed by atoms with Crippen LogP contribution in [0.5, 0.6) is 17.2 Å². The highest BCUT2D eigenvalue weighted by Crippen LogP contribution is 2.47. The van der Waals surface area contributed by atoms with Crippen LogP contribution in [0.25, 0.3) is 11.1 Å². The third-order valence-electron chi connectivity index (χ3n) is 6.59. The van der Waals surface area contributed by atoms with Gasteiger partial charge in [-0.05, 0) is 41.2 Å². The van der Waals surface area contributed by atoms with E-state index in [1.54, 1.807) is 20.3 Å². The Balaban J connectivity index is 2.58. The minimum Gasteiger partial charge on any atom is -0.591 e. The van der Waals surface area contributed by atoms with Gasteiger partial charge in [0, 0.05) is 17.0 Å². The Labute approximate surface area is 164 Å². The molecule has 0 spiro atoms. The third kappa shape index (κ3) is 3.92. The number of hydrogen-bond donors (Lipinski definition) is 0. The van der Waals surface area contributed by atoms with Gasteiger partial charge in [-0.2, -0.15) is 0 Å². The lowest BCUT2D eigenvalue weighted by atomic mass is 9.63. The van der Waals surface area contributed by atoms with Crippen molar-refractivity contribution in [3.63, 3.8) is 0 Å². The van der Waals surface area contributed by atoms with Crippen LogP contribution in [0.2, 0.25) is 0 Å². The summed E-state index contributed by atoms with van der Waals surface area (Å²) in [6.45, 7) is 11.6. The second kappa shape index (κ2) is 8.69. The Hall–Kier alpha value is -2.16. The van der Waals surface area contributed by atoms with Gasteiger partial charge in [-0.25, -0.2) is 0 Å². The molecular weight excluding hydrogens is 336 g/mol. The fourth-order valence-corrected chi connectivity index (χ4v) is 4.05. The second-order valence-corrected chi connectivity index (χ2v) is 7.73. The second-order valence-electron chi connectivity index (χ2n) is 7.73. The van der Waals surface area contributed by atoms with Crippen LogP contribution in [0.15, 0.2) is 36.4 Å². The van der Waals surface area contributed by atoms with Gasteiger partial charge in [0.05, 0.1) is 14.2 Å². The molecule has 0 aliphatic carbocycles. The summed E-state index contributed by atoms with van der Waals surface area (Å²) < 4.78 is 11.2. The summed E-state index contributed by atoms with van der Waals surface area (Å²) in [6, 6.07) is 12.2. The largest absolute Gasteiger partial charge is 0.591 e. The summed E-state index contributed by atoms with van der Waals surface area (Å²) in [5.74, 6) is 3.01. The van der Waals surface area contributed by atoms with Crippen LogP contribution < -0.4 is 9.47 Å². The Morgan fingerprint density at radius 3 is 1.81 bits per heavy atom. The number of hydrogen-bond acceptors (Lipinski definition) is 2. The van der Waals surface area contributed by atoms with Crippen LogP contribution >= 0.6 is 0 Å². The summed E-state index contributed by atoms with van der Waals surface area (Å²) >= 11 is 0. The summed E-state index contributed by atoms with van der Waals surface area (Å²) in [6.07, 6.45) is 2.27. The maximum atomic E-state index is 7.91. The number of benzene rings is 2. The van der Waals surface area contributed by atoms with E-state index in [0.29, 0.717) is 23.3 Å². The number of ether oxygens (including phenoxy) is 2. The highest BCUT2D eigenvalue weighted by atomic mass is 16.5. The van der Waals surface area contributed by atoms with Gasteiger partial charge >= 0.3 is 0 Å². The molecule has 2 unspecified atom stereocenters. The van der Waals surface area contributed by atoms with Gasteiger partial charge in [0.25, 0.3) is 5.75 Å². The van der Waals surface area contributed by atoms with Crippen LogP contribution in [-0.4, -0.2) is 19.3 Å². The van der Waals surface area contributed by atoms with Crippen molar-refractivity contribution in [2.24, 2.45) is 11.8 Å². The summed E-state index contributed by atoms with van der Waals surface area (Å²) in [4.78, 5) is 0. The zero-order valence-corrected chi connectivity index (χ0v) is 17.8. The SMILES string of the molecule is CCC(C)C(C)(c1ccc(-c2ccc([OH2+])c(OC)c2)cc1OC)C(C)CC. The Kier molecular flexibility index (Phi) is 6.80. The Morgan fingerprint density at radius 1 is 0.852 bits per heavy atom. The summed E-state index contributed by atoms with van der Waals surface area (Å²) in [7, 11) is 3.36. The molecule has 0 fully saturated rings. The molecule has 148 valence electrons. The molecule has 0 saturated heterocycles. The normalized spacial score (nSPS) is 15.7. The van der Waals surface area contributed by atoms with E-state index in [1.807, 2.05) is 12.1 Å². The van der Waals surface area contributed by atoms with Crippen LogP contribution in [0.4, 0.5) is 0 Å². The molecule has 0 amide bonds. The van der Waals surface area contributed by atoms with Crippen LogP contribution in [0, 0.1) is 11.8 Å². The van der Waals surface area contributed by atoms with Crippen molar-refractivity contribution in [2.45, 2.75) is 52.9 Å². The number of methoxy groups -OCH3 is 2. The molecule has 0 radical (unpaired) electrons. The Bertz CT molecular complexity index is 756. The van der Waals surface area contributed by atoms with Gasteiger partial charge in [0.1, 0.15) is 5.75 Å². The molecule has 0 saturated carbocycles. The molecule has 2 aromatic rings. The minimum atomic E-state index is 0.0517. The maximum absolute atomic E-state index is 7.91. The predicted molar refractivity (Wildman–Crippen MR) is 114 cm³/mol. The highest BCUT2D eigenvalue weighted by Gasteiger charge is 2.38. The molecule has 2 aromatic carbocycles. The molecule has 0 aliphatic rings. The van der Waals surface area contributed by atoms with Gasteiger partial charge in [0.15, 0.2) is 0 Å². The maximum Gasteiger partial charge on any atom is 0.296 e. The first-order valence-corrected chi connectivity index (χ1v) is 9.91. The van der Waals surface area contributed by atoms with Gasteiger partial charge in [-0.3, -0.25) is 0 Å². The van der Waals surface area contributed by atoms with Crippen molar-refractivity contribution in [1.82, 2.24) is 0 Å². The lowest BCUT2D eigenvalue weighted by Gasteiger charge is -2.42. The molecule has 0 bridgehead atoms. The van der Waals surface area contributed by atoms with E-state index in [9.17, 15) is 0 Å². The molecule has 0 aliphatic heterocycles. The van der Waals surface area contributed by atoms with E-state index in [2.05, 4.69) is 52.8 Å². The zero-order valence-electron chi connectivity index (χ0n) is 17.8. The zero-order chi connectivity index (χ0) is 20.2. The highest BCUT2D eigenvalue weighted by molar-refractivity contribution is 5.69. The van der Waals surface area contributed by atoms with E-state index in [0.717, 1.165) is 29.7 Å². The molecule has 0 aromatic heterocycles. The lowest BCUT2D eigenvalue weighted by Crippen LogP contribution is -2.37. The van der Waals surface area contributed by atoms with E-state index < -0.39 is 0 Å². The van der Waals surface area contributed by atoms with E-state index in [-0.39, 0.29) is 5.41 Å². The van der Waals surface area contributed by atoms with E-state index in [1.165, 1.54) is 5.56 Å². The monoisotopic (exact) mass is 371 g/mol. The van der Waals surface area contributed by atoms with Crippen molar-refractivity contribution in [2.75, 3.05) is 14.2 Å². The minimum absolute atomic E-state index is 0.0517. The first kappa shape index (κ1) is 21.1. The quantitative estimate of drug-likeness (QED) is 0.522. The van der Waals surface area contributed by atoms with Crippen LogP contribution in [-0.2, 0) is 5.41 Å². The fourth-order valence-electron chi connectivity index (χ4n) is 4.05. The van der Waals surface area contributed by atoms with Crippen molar-refractivity contribution in [1.29, 1.82) is 0 Å². The van der Waals surface area contributed by atoms with Crippen molar-refractivity contribution in [3.05, 3.63) is 42.0 Å². The first-order valence-electron chi connectivity index (χ1n) is 9.91. The molecule has 2 rings (SSSR count). The molecule has 0 heterocycles. The smallest absolute Gasteiger partial charge is 0.296 e. The van der Waals surface area contributed by atoms with Gasteiger partial charge < -0.3 is 14.6 Å². The van der Waals surface area contributed by atoms with E-state index >= 15 is 0 Å². The van der Waals surface area contributed by atoms with Crippen molar-refractivity contribution >= 4 is 0 Å². The molecule has 3 heteroatoms. The summed E-state index contributed by atoms with van der Waals surface area (Å²) in [5, 5.41) is 7.91. The lowest BCUT2D eigenvalue weighted by molar-refractivity contribution is 0.198. The number of rotatable bonds is 8. The van der Waals surface area contributed by atoms with Crippen LogP contribution in [0.3, 0.4) is 0 Å². The van der Waals surface area contributed by atoms with Gasteiger partial charge in [-0.15, -0.1) is 0 Å². The van der Waals surface area contributed by atoms with Crippen molar-refractivity contribution < 1.29 is 14.6 Å². The summed E-state index contributed by atoms with van der Waals surface area (Å²) in [5.41, 5.74) is 3.43. The average Bonchev–Trinajstić information content (AvgIpc) is 2.71.